The maximum atomic E-state index is 14.4. The first kappa shape index (κ1) is 21.0. The number of halogens is 2. The molecule has 2 aromatic carbocycles. The third-order valence-corrected chi connectivity index (χ3v) is 5.39. The molecule has 0 fully saturated rings. The van der Waals surface area contributed by atoms with E-state index in [1.165, 1.54) is 33.8 Å². The Balaban J connectivity index is 1.99. The number of hydrogen-bond donors (Lipinski definition) is 2. The molecule has 0 bridgehead atoms. The standard InChI is InChI=1S/C22H18F2N6O2/c1-11-6-14(8-15(23)7-11)18-17(21(26)31)20-19(12-2-3-13(10-25)16(24)9-12)29(22(27)32)4-5-30(20)28-18/h2-3,6-9,19H,4-5H2,1H3,(H2,26,31)(H2,27,32). The zero-order chi connectivity index (χ0) is 23.2. The van der Waals surface area contributed by atoms with Crippen molar-refractivity contribution >= 4 is 11.9 Å². The number of hydrogen-bond acceptors (Lipinski definition) is 4. The van der Waals surface area contributed by atoms with Crippen molar-refractivity contribution in [1.82, 2.24) is 14.7 Å². The summed E-state index contributed by atoms with van der Waals surface area (Å²) in [4.78, 5) is 26.0. The maximum Gasteiger partial charge on any atom is 0.315 e. The van der Waals surface area contributed by atoms with E-state index in [0.717, 1.165) is 6.07 Å². The van der Waals surface area contributed by atoms with Crippen molar-refractivity contribution in [1.29, 1.82) is 5.26 Å². The minimum atomic E-state index is -0.984. The van der Waals surface area contributed by atoms with Crippen LogP contribution in [0, 0.1) is 29.9 Å². The fourth-order valence-electron chi connectivity index (χ4n) is 4.09. The lowest BCUT2D eigenvalue weighted by molar-refractivity contribution is 0.0995. The van der Waals surface area contributed by atoms with Crippen LogP contribution in [0.1, 0.15) is 38.8 Å². The van der Waals surface area contributed by atoms with Crippen molar-refractivity contribution < 1.29 is 18.4 Å². The summed E-state index contributed by atoms with van der Waals surface area (Å²) in [6, 6.07) is 8.05. The quantitative estimate of drug-likeness (QED) is 0.653. The van der Waals surface area contributed by atoms with E-state index in [1.807, 2.05) is 0 Å². The van der Waals surface area contributed by atoms with Crippen LogP contribution in [0.5, 0.6) is 0 Å². The van der Waals surface area contributed by atoms with Crippen LogP contribution in [0.15, 0.2) is 36.4 Å². The Morgan fingerprint density at radius 1 is 1.16 bits per heavy atom. The second-order valence-electron chi connectivity index (χ2n) is 7.50. The minimum absolute atomic E-state index is 0.0179. The lowest BCUT2D eigenvalue weighted by atomic mass is 9.93. The van der Waals surface area contributed by atoms with Crippen molar-refractivity contribution in [2.24, 2.45) is 11.5 Å². The lowest BCUT2D eigenvalue weighted by Gasteiger charge is -2.35. The molecule has 1 aliphatic rings. The van der Waals surface area contributed by atoms with Gasteiger partial charge in [0.05, 0.1) is 23.4 Å². The van der Waals surface area contributed by atoms with Gasteiger partial charge < -0.3 is 16.4 Å². The van der Waals surface area contributed by atoms with Crippen molar-refractivity contribution in [3.63, 3.8) is 0 Å². The number of aryl methyl sites for hydroxylation is 1. The molecule has 162 valence electrons. The number of urea groups is 1. The minimum Gasteiger partial charge on any atom is -0.365 e. The molecule has 0 spiro atoms. The van der Waals surface area contributed by atoms with E-state index in [4.69, 9.17) is 16.7 Å². The number of nitrogens with zero attached hydrogens (tertiary/aromatic N) is 4. The molecule has 0 saturated heterocycles. The molecule has 1 unspecified atom stereocenters. The SMILES string of the molecule is Cc1cc(F)cc(-c2nn3c(c2C(N)=O)C(c2ccc(C#N)c(F)c2)N(C(N)=O)CC3)c1. The number of fused-ring (bicyclic) bond motifs is 1. The van der Waals surface area contributed by atoms with Crippen LogP contribution in [-0.2, 0) is 6.54 Å². The van der Waals surface area contributed by atoms with Gasteiger partial charge in [0.25, 0.3) is 5.91 Å². The Labute approximate surface area is 181 Å². The Kier molecular flexibility index (Phi) is 5.10. The molecule has 1 atom stereocenters. The van der Waals surface area contributed by atoms with E-state index in [2.05, 4.69) is 5.10 Å². The summed E-state index contributed by atoms with van der Waals surface area (Å²) >= 11 is 0. The van der Waals surface area contributed by atoms with Gasteiger partial charge in [0.1, 0.15) is 29.4 Å². The third kappa shape index (κ3) is 3.43. The van der Waals surface area contributed by atoms with Crippen molar-refractivity contribution in [3.8, 4) is 17.3 Å². The molecule has 0 aliphatic carbocycles. The van der Waals surface area contributed by atoms with Gasteiger partial charge in [0, 0.05) is 12.1 Å². The number of aromatic nitrogens is 2. The van der Waals surface area contributed by atoms with Gasteiger partial charge >= 0.3 is 6.03 Å². The summed E-state index contributed by atoms with van der Waals surface area (Å²) in [7, 11) is 0. The van der Waals surface area contributed by atoms with Crippen LogP contribution in [0.4, 0.5) is 13.6 Å². The molecule has 3 amide bonds. The van der Waals surface area contributed by atoms with Crippen molar-refractivity contribution in [2.45, 2.75) is 19.5 Å². The molecule has 4 N–H and O–H groups in total. The van der Waals surface area contributed by atoms with Gasteiger partial charge in [-0.3, -0.25) is 9.48 Å². The fraction of sp³-hybridized carbons (Fsp3) is 0.182. The molecular weight excluding hydrogens is 418 g/mol. The Hall–Kier alpha value is -4.26. The Morgan fingerprint density at radius 3 is 2.50 bits per heavy atom. The van der Waals surface area contributed by atoms with Gasteiger partial charge in [-0.1, -0.05) is 6.07 Å². The highest BCUT2D eigenvalue weighted by Crippen LogP contribution is 2.38. The first-order valence-electron chi connectivity index (χ1n) is 9.65. The monoisotopic (exact) mass is 436 g/mol. The smallest absolute Gasteiger partial charge is 0.315 e. The van der Waals surface area contributed by atoms with Gasteiger partial charge in [-0.15, -0.1) is 0 Å². The van der Waals surface area contributed by atoms with Crippen LogP contribution < -0.4 is 11.5 Å². The van der Waals surface area contributed by atoms with Crippen molar-refractivity contribution in [3.05, 3.63) is 76.0 Å². The number of benzene rings is 2. The Morgan fingerprint density at radius 2 is 1.91 bits per heavy atom. The topological polar surface area (TPSA) is 131 Å². The average molecular weight is 436 g/mol. The zero-order valence-corrected chi connectivity index (χ0v) is 17.0. The maximum absolute atomic E-state index is 14.4. The first-order valence-corrected chi connectivity index (χ1v) is 9.65. The van der Waals surface area contributed by atoms with Gasteiger partial charge in [0.2, 0.25) is 0 Å². The first-order chi connectivity index (χ1) is 15.2. The summed E-state index contributed by atoms with van der Waals surface area (Å²) in [5.41, 5.74) is 12.7. The van der Waals surface area contributed by atoms with E-state index >= 15 is 0 Å². The van der Waals surface area contributed by atoms with Gasteiger partial charge in [-0.25, -0.2) is 13.6 Å². The summed E-state index contributed by atoms with van der Waals surface area (Å²) in [5.74, 6) is -2.13. The number of rotatable bonds is 3. The highest BCUT2D eigenvalue weighted by molar-refractivity contribution is 6.00. The molecule has 1 aromatic heterocycles. The van der Waals surface area contributed by atoms with Gasteiger partial charge in [-0.05, 0) is 48.4 Å². The summed E-state index contributed by atoms with van der Waals surface area (Å²) in [5, 5.41) is 13.5. The number of carbonyl (C=O) groups excluding carboxylic acids is 2. The molecule has 0 saturated carbocycles. The average Bonchev–Trinajstić information content (AvgIpc) is 3.12. The van der Waals surface area contributed by atoms with Gasteiger partial charge in [-0.2, -0.15) is 10.4 Å². The number of amides is 3. The fourth-order valence-corrected chi connectivity index (χ4v) is 4.09. The highest BCUT2D eigenvalue weighted by Gasteiger charge is 2.38. The second-order valence-corrected chi connectivity index (χ2v) is 7.50. The molecular formula is C22H18F2N6O2. The molecule has 4 rings (SSSR count). The molecule has 1 aliphatic heterocycles. The molecule has 10 heteroatoms. The molecule has 8 nitrogen and oxygen atoms in total. The summed E-state index contributed by atoms with van der Waals surface area (Å²) < 4.78 is 30.0. The molecule has 3 aromatic rings. The van der Waals surface area contributed by atoms with Crippen LogP contribution in [0.3, 0.4) is 0 Å². The number of nitriles is 1. The van der Waals surface area contributed by atoms with Gasteiger partial charge in [0.15, 0.2) is 0 Å². The summed E-state index contributed by atoms with van der Waals surface area (Å²) in [6.07, 6.45) is 0. The van der Waals surface area contributed by atoms with Crippen LogP contribution in [-0.4, -0.2) is 33.2 Å². The van der Waals surface area contributed by atoms with Crippen LogP contribution >= 0.6 is 0 Å². The Bertz CT molecular complexity index is 1290. The van der Waals surface area contributed by atoms with Crippen molar-refractivity contribution in [2.75, 3.05) is 6.54 Å². The second kappa shape index (κ2) is 7.77. The third-order valence-electron chi connectivity index (χ3n) is 5.39. The normalized spacial score (nSPS) is 15.2. The lowest BCUT2D eigenvalue weighted by Crippen LogP contribution is -2.46. The number of nitrogens with two attached hydrogens (primary N) is 2. The largest absolute Gasteiger partial charge is 0.365 e. The van der Waals surface area contributed by atoms with E-state index in [-0.39, 0.29) is 41.2 Å². The van der Waals surface area contributed by atoms with E-state index < -0.39 is 29.6 Å². The predicted octanol–water partition coefficient (Wildman–Crippen LogP) is 2.59. The van der Waals surface area contributed by atoms with Crippen LogP contribution in [0.2, 0.25) is 0 Å². The van der Waals surface area contributed by atoms with Crippen LogP contribution in [0.25, 0.3) is 11.3 Å². The zero-order valence-electron chi connectivity index (χ0n) is 17.0. The predicted molar refractivity (Wildman–Crippen MR) is 110 cm³/mol. The van der Waals surface area contributed by atoms with E-state index in [1.54, 1.807) is 19.1 Å². The van der Waals surface area contributed by atoms with E-state index in [9.17, 15) is 18.4 Å². The van der Waals surface area contributed by atoms with E-state index in [0.29, 0.717) is 11.1 Å². The number of carbonyl (C=O) groups is 2. The highest BCUT2D eigenvalue weighted by atomic mass is 19.1. The number of primary amides is 2. The molecule has 32 heavy (non-hydrogen) atoms. The molecule has 0 radical (unpaired) electrons. The molecule has 2 heterocycles. The summed E-state index contributed by atoms with van der Waals surface area (Å²) in [6.45, 7) is 2.03.